The van der Waals surface area contributed by atoms with E-state index in [1.54, 1.807) is 11.8 Å². The predicted molar refractivity (Wildman–Crippen MR) is 59.6 cm³/mol. The van der Waals surface area contributed by atoms with Crippen LogP contribution in [0.15, 0.2) is 5.16 Å². The third kappa shape index (κ3) is 2.69. The number of hydrogen-bond donors (Lipinski definition) is 1. The second-order valence-electron chi connectivity index (χ2n) is 4.36. The van der Waals surface area contributed by atoms with Gasteiger partial charge in [0, 0.05) is 11.8 Å². The highest BCUT2D eigenvalue weighted by Crippen LogP contribution is 2.36. The van der Waals surface area contributed by atoms with Crippen LogP contribution in [0.3, 0.4) is 0 Å². The monoisotopic (exact) mass is 227 g/mol. The van der Waals surface area contributed by atoms with Crippen LogP contribution in [0.2, 0.25) is 0 Å². The molecule has 1 aromatic heterocycles. The number of aromatic nitrogens is 4. The molecule has 1 aliphatic rings. The van der Waals surface area contributed by atoms with Gasteiger partial charge in [-0.1, -0.05) is 25.6 Å². The second kappa shape index (κ2) is 4.49. The van der Waals surface area contributed by atoms with E-state index in [-0.39, 0.29) is 6.04 Å². The van der Waals surface area contributed by atoms with Gasteiger partial charge in [-0.3, -0.25) is 0 Å². The summed E-state index contributed by atoms with van der Waals surface area (Å²) in [4.78, 5) is 0. The number of nitrogens with two attached hydrogens (primary N) is 1. The summed E-state index contributed by atoms with van der Waals surface area (Å²) in [5.74, 6) is 1.38. The molecule has 0 spiro atoms. The molecule has 84 valence electrons. The van der Waals surface area contributed by atoms with Crippen molar-refractivity contribution in [1.29, 1.82) is 0 Å². The summed E-state index contributed by atoms with van der Waals surface area (Å²) in [7, 11) is 0. The molecule has 1 unspecified atom stereocenters. The number of nitrogens with zero attached hydrogens (tertiary/aromatic N) is 4. The van der Waals surface area contributed by atoms with Crippen LogP contribution in [0.25, 0.3) is 0 Å². The zero-order valence-corrected chi connectivity index (χ0v) is 9.94. The van der Waals surface area contributed by atoms with Crippen molar-refractivity contribution in [3.05, 3.63) is 0 Å². The van der Waals surface area contributed by atoms with E-state index in [9.17, 15) is 0 Å². The van der Waals surface area contributed by atoms with Crippen LogP contribution in [0, 0.1) is 5.92 Å². The molecular weight excluding hydrogens is 210 g/mol. The third-order valence-corrected chi connectivity index (χ3v) is 3.70. The maximum Gasteiger partial charge on any atom is 0.209 e. The Kier molecular flexibility index (Phi) is 3.25. The molecule has 0 aliphatic heterocycles. The molecule has 1 aromatic rings. The summed E-state index contributed by atoms with van der Waals surface area (Å²) in [5.41, 5.74) is 5.98. The number of rotatable bonds is 5. The highest BCUT2D eigenvalue weighted by atomic mass is 32.2. The molecule has 0 radical (unpaired) electrons. The fourth-order valence-corrected chi connectivity index (χ4v) is 2.33. The first kappa shape index (κ1) is 10.9. The van der Waals surface area contributed by atoms with Crippen molar-refractivity contribution in [2.24, 2.45) is 11.7 Å². The van der Waals surface area contributed by atoms with Crippen LogP contribution in [0.4, 0.5) is 0 Å². The van der Waals surface area contributed by atoms with Gasteiger partial charge in [-0.15, -0.1) is 5.10 Å². The largest absolute Gasteiger partial charge is 0.327 e. The molecule has 5 nitrogen and oxygen atoms in total. The van der Waals surface area contributed by atoms with E-state index in [0.717, 1.165) is 10.9 Å². The van der Waals surface area contributed by atoms with E-state index >= 15 is 0 Å². The normalized spacial score (nSPS) is 18.4. The molecule has 1 atom stereocenters. The lowest BCUT2D eigenvalue weighted by Gasteiger charge is -2.14. The summed E-state index contributed by atoms with van der Waals surface area (Å²) in [6.45, 7) is 4.27. The van der Waals surface area contributed by atoms with E-state index in [0.29, 0.717) is 12.0 Å². The minimum atomic E-state index is 0.208. The van der Waals surface area contributed by atoms with Gasteiger partial charge in [0.05, 0.1) is 6.04 Å². The van der Waals surface area contributed by atoms with Crippen molar-refractivity contribution >= 4 is 11.8 Å². The SMILES string of the molecule is CC(C)C(N)CSc1nnnn1C1CC1. The van der Waals surface area contributed by atoms with Crippen molar-refractivity contribution < 1.29 is 0 Å². The van der Waals surface area contributed by atoms with Gasteiger partial charge in [0.25, 0.3) is 0 Å². The van der Waals surface area contributed by atoms with Gasteiger partial charge < -0.3 is 5.73 Å². The third-order valence-electron chi connectivity index (χ3n) is 2.62. The topological polar surface area (TPSA) is 69.6 Å². The minimum absolute atomic E-state index is 0.208. The Balaban J connectivity index is 1.90. The Morgan fingerprint density at radius 3 is 2.87 bits per heavy atom. The molecule has 6 heteroatoms. The second-order valence-corrected chi connectivity index (χ2v) is 5.34. The smallest absolute Gasteiger partial charge is 0.209 e. The van der Waals surface area contributed by atoms with Crippen LogP contribution in [0.5, 0.6) is 0 Å². The fourth-order valence-electron chi connectivity index (χ4n) is 1.19. The van der Waals surface area contributed by atoms with Crippen molar-refractivity contribution in [2.45, 2.75) is 43.9 Å². The number of hydrogen-bond acceptors (Lipinski definition) is 5. The molecule has 1 heterocycles. The van der Waals surface area contributed by atoms with E-state index in [1.165, 1.54) is 12.8 Å². The maximum absolute atomic E-state index is 5.98. The summed E-state index contributed by atoms with van der Waals surface area (Å²) in [6, 6.07) is 0.747. The lowest BCUT2D eigenvalue weighted by Crippen LogP contribution is -2.29. The highest BCUT2D eigenvalue weighted by Gasteiger charge is 2.28. The van der Waals surface area contributed by atoms with E-state index in [2.05, 4.69) is 29.4 Å². The lowest BCUT2D eigenvalue weighted by molar-refractivity contribution is 0.532. The quantitative estimate of drug-likeness (QED) is 0.762. The first-order valence-electron chi connectivity index (χ1n) is 5.34. The van der Waals surface area contributed by atoms with Gasteiger partial charge in [0.2, 0.25) is 5.16 Å². The van der Waals surface area contributed by atoms with Crippen LogP contribution in [0.1, 0.15) is 32.7 Å². The predicted octanol–water partition coefficient (Wildman–Crippen LogP) is 1.08. The Hall–Kier alpha value is -0.620. The number of tetrazole rings is 1. The van der Waals surface area contributed by atoms with Gasteiger partial charge in [0.1, 0.15) is 0 Å². The molecular formula is C9H17N5S. The van der Waals surface area contributed by atoms with Gasteiger partial charge in [-0.25, -0.2) is 4.68 Å². The summed E-state index contributed by atoms with van der Waals surface area (Å²) < 4.78 is 1.93. The van der Waals surface area contributed by atoms with Crippen LogP contribution >= 0.6 is 11.8 Å². The van der Waals surface area contributed by atoms with Gasteiger partial charge >= 0.3 is 0 Å². The minimum Gasteiger partial charge on any atom is -0.327 e. The molecule has 1 aliphatic carbocycles. The molecule has 0 amide bonds. The standard InChI is InChI=1S/C9H17N5S/c1-6(2)8(10)5-15-9-11-12-13-14(9)7-3-4-7/h6-8H,3-5,10H2,1-2H3. The van der Waals surface area contributed by atoms with E-state index in [4.69, 9.17) is 5.73 Å². The van der Waals surface area contributed by atoms with E-state index < -0.39 is 0 Å². The molecule has 1 fully saturated rings. The molecule has 15 heavy (non-hydrogen) atoms. The van der Waals surface area contributed by atoms with Crippen molar-refractivity contribution in [3.63, 3.8) is 0 Å². The first-order valence-corrected chi connectivity index (χ1v) is 6.33. The molecule has 0 aromatic carbocycles. The van der Waals surface area contributed by atoms with Crippen molar-refractivity contribution in [2.75, 3.05) is 5.75 Å². The summed E-state index contributed by atoms with van der Waals surface area (Å²) in [6.07, 6.45) is 2.41. The molecule has 0 saturated heterocycles. The average Bonchev–Trinajstić information content (AvgIpc) is 2.94. The van der Waals surface area contributed by atoms with Gasteiger partial charge in [-0.05, 0) is 29.2 Å². The lowest BCUT2D eigenvalue weighted by atomic mass is 10.1. The summed E-state index contributed by atoms with van der Waals surface area (Å²) >= 11 is 1.66. The van der Waals surface area contributed by atoms with E-state index in [1.807, 2.05) is 4.68 Å². The molecule has 2 N–H and O–H groups in total. The Morgan fingerprint density at radius 2 is 2.27 bits per heavy atom. The van der Waals surface area contributed by atoms with Crippen LogP contribution in [-0.4, -0.2) is 32.0 Å². The molecule has 1 saturated carbocycles. The number of thioether (sulfide) groups is 1. The van der Waals surface area contributed by atoms with Crippen molar-refractivity contribution in [1.82, 2.24) is 20.2 Å². The molecule has 0 bridgehead atoms. The Bertz CT molecular complexity index is 320. The Morgan fingerprint density at radius 1 is 1.53 bits per heavy atom. The van der Waals surface area contributed by atoms with Crippen LogP contribution < -0.4 is 5.73 Å². The fraction of sp³-hybridized carbons (Fsp3) is 0.889. The van der Waals surface area contributed by atoms with Gasteiger partial charge in [-0.2, -0.15) is 0 Å². The zero-order chi connectivity index (χ0) is 10.8. The Labute approximate surface area is 93.8 Å². The first-order chi connectivity index (χ1) is 7.18. The molecule has 2 rings (SSSR count). The zero-order valence-electron chi connectivity index (χ0n) is 9.13. The average molecular weight is 227 g/mol. The van der Waals surface area contributed by atoms with Crippen LogP contribution in [-0.2, 0) is 0 Å². The van der Waals surface area contributed by atoms with Crippen molar-refractivity contribution in [3.8, 4) is 0 Å². The highest BCUT2D eigenvalue weighted by molar-refractivity contribution is 7.99. The van der Waals surface area contributed by atoms with Gasteiger partial charge in [0.15, 0.2) is 0 Å². The summed E-state index contributed by atoms with van der Waals surface area (Å²) in [5, 5.41) is 12.6. The maximum atomic E-state index is 5.98.